The molecule has 9 heteroatoms. The van der Waals surface area contributed by atoms with E-state index >= 15 is 0 Å². The summed E-state index contributed by atoms with van der Waals surface area (Å²) in [5.74, 6) is -2.25. The van der Waals surface area contributed by atoms with Crippen molar-refractivity contribution in [3.05, 3.63) is 12.2 Å². The molecule has 0 saturated heterocycles. The summed E-state index contributed by atoms with van der Waals surface area (Å²) in [7, 11) is 5.95. The van der Waals surface area contributed by atoms with Crippen LogP contribution in [0, 0.1) is 0 Å². The number of aliphatic carboxylic acids is 1. The highest BCUT2D eigenvalue weighted by Crippen LogP contribution is 2.20. The van der Waals surface area contributed by atoms with Crippen LogP contribution in [0.5, 0.6) is 0 Å². The highest BCUT2D eigenvalue weighted by Gasteiger charge is 2.22. The van der Waals surface area contributed by atoms with Gasteiger partial charge in [-0.25, -0.2) is 0 Å². The number of nitrogens with zero attached hydrogens (tertiary/aromatic N) is 1. The van der Waals surface area contributed by atoms with Crippen molar-refractivity contribution in [1.82, 2.24) is 0 Å². The predicted molar refractivity (Wildman–Crippen MR) is 367 cm³/mol. The number of hydrogen-bond donors (Lipinski definition) is 0. The van der Waals surface area contributed by atoms with Crippen LogP contribution in [0.1, 0.15) is 406 Å². The minimum Gasteiger partial charge on any atom is -0.545 e. The summed E-state index contributed by atoms with van der Waals surface area (Å²) in [6, 6.07) is 0. The van der Waals surface area contributed by atoms with Gasteiger partial charge < -0.3 is 33.3 Å². The third kappa shape index (κ3) is 69.5. The number of rotatable bonds is 73. The quantitative estimate of drug-likeness (QED) is 0.0195. The summed E-state index contributed by atoms with van der Waals surface area (Å²) < 4.78 is 22.8. The van der Waals surface area contributed by atoms with Gasteiger partial charge in [0.1, 0.15) is 13.2 Å². The third-order valence-corrected chi connectivity index (χ3v) is 17.8. The molecule has 0 heterocycles. The largest absolute Gasteiger partial charge is 0.545 e. The predicted octanol–water partition coefficient (Wildman–Crippen LogP) is 22.6. The number of unbranched alkanes of at least 4 members (excludes halogenated alkanes) is 56. The van der Waals surface area contributed by atoms with Gasteiger partial charge in [0.15, 0.2) is 12.4 Å². The highest BCUT2D eigenvalue weighted by molar-refractivity contribution is 5.70. The average molecular weight is 1220 g/mol. The van der Waals surface area contributed by atoms with Crippen molar-refractivity contribution < 1.29 is 42.9 Å². The van der Waals surface area contributed by atoms with Gasteiger partial charge >= 0.3 is 11.9 Å². The van der Waals surface area contributed by atoms with E-state index in [9.17, 15) is 19.5 Å². The topological polar surface area (TPSA) is 111 Å². The fraction of sp³-hybridized carbons (Fsp3) is 0.935. The van der Waals surface area contributed by atoms with Crippen LogP contribution >= 0.6 is 0 Å². The smallest absolute Gasteiger partial charge is 0.306 e. The summed E-state index contributed by atoms with van der Waals surface area (Å²) in [5.41, 5.74) is 0. The van der Waals surface area contributed by atoms with Crippen LogP contribution in [0.3, 0.4) is 0 Å². The van der Waals surface area contributed by atoms with E-state index < -0.39 is 24.3 Å². The van der Waals surface area contributed by atoms with Gasteiger partial charge in [-0.3, -0.25) is 9.59 Å². The fourth-order valence-electron chi connectivity index (χ4n) is 11.9. The number of carbonyl (C=O) groups is 3. The second-order valence-electron chi connectivity index (χ2n) is 27.7. The number of carbonyl (C=O) groups excluding carboxylic acids is 3. The van der Waals surface area contributed by atoms with Crippen LogP contribution in [0.4, 0.5) is 0 Å². The number of allylic oxidation sites excluding steroid dienone is 2. The number of carboxylic acids is 1. The molecule has 0 aliphatic rings. The van der Waals surface area contributed by atoms with E-state index in [4.69, 9.17) is 18.9 Å². The maximum atomic E-state index is 12.9. The fourth-order valence-corrected chi connectivity index (χ4v) is 11.9. The lowest BCUT2D eigenvalue weighted by Crippen LogP contribution is -2.44. The Kier molecular flexibility index (Phi) is 67.4. The van der Waals surface area contributed by atoms with Crippen molar-refractivity contribution in [2.75, 3.05) is 47.5 Å². The lowest BCUT2D eigenvalue weighted by Gasteiger charge is -2.26. The standard InChI is InChI=1S/C77H149NO8/c1-6-8-10-12-14-16-18-20-22-24-26-28-29-30-31-32-33-34-35-36-37-38-39-40-41-42-43-44-45-46-48-49-51-53-55-57-59-61-63-65-67-74(79)84-71-73(72-85-77(76(81)82)83-70-69-78(3,4)5)86-75(80)68-66-64-62-60-58-56-54-52-50-47-27-25-23-21-19-17-15-13-11-9-7-2/h25,27,73,77H,6-24,26,28-72H2,1-5H3/b27-25-. The van der Waals surface area contributed by atoms with Crippen molar-refractivity contribution in [1.29, 1.82) is 0 Å². The molecule has 9 nitrogen and oxygen atoms in total. The van der Waals surface area contributed by atoms with E-state index in [0.717, 1.165) is 32.1 Å². The molecule has 0 bridgehead atoms. The van der Waals surface area contributed by atoms with Gasteiger partial charge in [0.25, 0.3) is 0 Å². The van der Waals surface area contributed by atoms with Crippen LogP contribution in [-0.2, 0) is 33.3 Å². The zero-order valence-electron chi connectivity index (χ0n) is 58.5. The van der Waals surface area contributed by atoms with Gasteiger partial charge in [-0.05, 0) is 38.5 Å². The maximum absolute atomic E-state index is 12.9. The number of ether oxygens (including phenoxy) is 4. The van der Waals surface area contributed by atoms with Crippen LogP contribution in [0.2, 0.25) is 0 Å². The minimum absolute atomic E-state index is 0.151. The number of quaternary nitrogens is 1. The first kappa shape index (κ1) is 84.0. The molecule has 0 amide bonds. The first-order valence-electron chi connectivity index (χ1n) is 38.3. The van der Waals surface area contributed by atoms with E-state index in [2.05, 4.69) is 26.0 Å². The lowest BCUT2D eigenvalue weighted by atomic mass is 10.0. The molecule has 0 spiro atoms. The zero-order chi connectivity index (χ0) is 62.6. The highest BCUT2D eigenvalue weighted by atomic mass is 16.7. The van der Waals surface area contributed by atoms with Crippen LogP contribution < -0.4 is 5.11 Å². The number of hydrogen-bond acceptors (Lipinski definition) is 8. The Hall–Kier alpha value is -1.97. The Balaban J connectivity index is 3.90. The molecule has 2 unspecified atom stereocenters. The van der Waals surface area contributed by atoms with Gasteiger partial charge in [0.05, 0.1) is 40.3 Å². The molecule has 0 radical (unpaired) electrons. The van der Waals surface area contributed by atoms with Gasteiger partial charge in [0, 0.05) is 12.8 Å². The maximum Gasteiger partial charge on any atom is 0.306 e. The number of likely N-dealkylation sites (N-methyl/N-ethyl adjacent to an activating group) is 1. The third-order valence-electron chi connectivity index (χ3n) is 17.8. The van der Waals surface area contributed by atoms with Crippen molar-refractivity contribution in [3.63, 3.8) is 0 Å². The zero-order valence-corrected chi connectivity index (χ0v) is 58.5. The van der Waals surface area contributed by atoms with Crippen LogP contribution in [0.25, 0.3) is 0 Å². The molecular weight excluding hydrogens is 1070 g/mol. The Labute approximate surface area is 535 Å². The molecule has 0 aliphatic heterocycles. The summed E-state index contributed by atoms with van der Waals surface area (Å²) in [5, 5.41) is 11.8. The molecule has 0 aromatic carbocycles. The normalized spacial score (nSPS) is 12.6. The average Bonchev–Trinajstić information content (AvgIpc) is 3.64. The Bertz CT molecular complexity index is 1410. The number of esters is 2. The second kappa shape index (κ2) is 68.9. The molecule has 0 saturated carbocycles. The van der Waals surface area contributed by atoms with Crippen molar-refractivity contribution in [3.8, 4) is 0 Å². The molecule has 0 N–H and O–H groups in total. The molecule has 510 valence electrons. The second-order valence-corrected chi connectivity index (χ2v) is 27.7. The number of carboxylic acid groups (broad SMARTS) is 1. The van der Waals surface area contributed by atoms with Crippen molar-refractivity contribution in [2.45, 2.75) is 418 Å². The van der Waals surface area contributed by atoms with Gasteiger partial charge in [-0.2, -0.15) is 0 Å². The van der Waals surface area contributed by atoms with Crippen molar-refractivity contribution >= 4 is 17.9 Å². The van der Waals surface area contributed by atoms with Crippen LogP contribution in [0.15, 0.2) is 12.2 Å². The molecule has 0 aromatic rings. The van der Waals surface area contributed by atoms with Crippen molar-refractivity contribution in [2.24, 2.45) is 0 Å². The molecule has 86 heavy (non-hydrogen) atoms. The van der Waals surface area contributed by atoms with E-state index in [1.54, 1.807) is 0 Å². The van der Waals surface area contributed by atoms with Gasteiger partial charge in [-0.1, -0.05) is 366 Å². The SMILES string of the molecule is CCCCCCCCCC/C=C\CCCCCCCCCCCC(=O)OC(COC(=O)CCCCCCCCCCCCCCCCCCCCCCCCCCCCCCCCCCCCCCCCCC)COC(OCC[N+](C)(C)C)C(=O)[O-]. The Morgan fingerprint density at radius 1 is 0.337 bits per heavy atom. The van der Waals surface area contributed by atoms with Crippen LogP contribution in [-0.4, -0.2) is 82.3 Å². The van der Waals surface area contributed by atoms with Gasteiger partial charge in [-0.15, -0.1) is 0 Å². The Morgan fingerprint density at radius 3 is 0.860 bits per heavy atom. The molecule has 0 rings (SSSR count). The molecular formula is C77H149NO8. The first-order valence-corrected chi connectivity index (χ1v) is 38.3. The first-order chi connectivity index (χ1) is 42.1. The Morgan fingerprint density at radius 2 is 0.593 bits per heavy atom. The molecule has 0 fully saturated rings. The van der Waals surface area contributed by atoms with E-state index in [0.29, 0.717) is 23.9 Å². The monoisotopic (exact) mass is 1220 g/mol. The lowest BCUT2D eigenvalue weighted by molar-refractivity contribution is -0.870. The summed E-state index contributed by atoms with van der Waals surface area (Å²) in [4.78, 5) is 37.5. The van der Waals surface area contributed by atoms with E-state index in [-0.39, 0.29) is 32.2 Å². The van der Waals surface area contributed by atoms with E-state index in [1.165, 1.54) is 340 Å². The summed E-state index contributed by atoms with van der Waals surface area (Å²) in [6.07, 6.45) is 82.0. The minimum atomic E-state index is -1.62. The molecule has 2 atom stereocenters. The molecule has 0 aromatic heterocycles. The molecule has 0 aliphatic carbocycles. The van der Waals surface area contributed by atoms with Gasteiger partial charge in [0.2, 0.25) is 0 Å². The summed E-state index contributed by atoms with van der Waals surface area (Å²) >= 11 is 0. The van der Waals surface area contributed by atoms with E-state index in [1.807, 2.05) is 21.1 Å². The summed E-state index contributed by atoms with van der Waals surface area (Å²) in [6.45, 7) is 4.83.